The Hall–Kier alpha value is -3.48. The number of carbonyl (C=O) groups excluding carboxylic acids is 1. The van der Waals surface area contributed by atoms with Crippen LogP contribution in [0.5, 0.6) is 0 Å². The third-order valence-corrected chi connectivity index (χ3v) is 4.70. The molecule has 1 fully saturated rings. The summed E-state index contributed by atoms with van der Waals surface area (Å²) in [5.74, 6) is -0.462. The van der Waals surface area contributed by atoms with Crippen LogP contribution in [0, 0.1) is 5.82 Å². The predicted molar refractivity (Wildman–Crippen MR) is 107 cm³/mol. The lowest BCUT2D eigenvalue weighted by Crippen LogP contribution is -2.47. The summed E-state index contributed by atoms with van der Waals surface area (Å²) in [4.78, 5) is 25.3. The zero-order valence-corrected chi connectivity index (χ0v) is 15.3. The monoisotopic (exact) mass is 377 g/mol. The van der Waals surface area contributed by atoms with Crippen LogP contribution in [0.4, 0.5) is 21.7 Å². The molecule has 3 aromatic rings. The summed E-state index contributed by atoms with van der Waals surface area (Å²) in [6.45, 7) is 3.41. The molecule has 1 saturated heterocycles. The molecule has 1 amide bonds. The number of anilines is 3. The van der Waals surface area contributed by atoms with Gasteiger partial charge in [-0.3, -0.25) is 4.79 Å². The molecule has 0 saturated carbocycles. The number of amides is 1. The van der Waals surface area contributed by atoms with Gasteiger partial charge in [0, 0.05) is 31.9 Å². The summed E-state index contributed by atoms with van der Waals surface area (Å²) < 4.78 is 13.7. The molecule has 0 atom stereocenters. The van der Waals surface area contributed by atoms with Crippen LogP contribution >= 0.6 is 0 Å². The first-order valence-electron chi connectivity index (χ1n) is 9.13. The number of nitrogens with zero attached hydrogens (tertiary/aromatic N) is 4. The average Bonchev–Trinajstić information content (AvgIpc) is 2.75. The number of para-hydroxylation sites is 1. The average molecular weight is 377 g/mol. The quantitative estimate of drug-likeness (QED) is 0.757. The van der Waals surface area contributed by atoms with Crippen molar-refractivity contribution >= 4 is 23.2 Å². The van der Waals surface area contributed by atoms with E-state index >= 15 is 0 Å². The summed E-state index contributed by atoms with van der Waals surface area (Å²) in [7, 11) is 0. The maximum Gasteiger partial charge on any atom is 0.258 e. The molecule has 2 heterocycles. The minimum Gasteiger partial charge on any atom is -0.368 e. The van der Waals surface area contributed by atoms with Crippen LogP contribution in [0.1, 0.15) is 10.4 Å². The van der Waals surface area contributed by atoms with Gasteiger partial charge in [0.25, 0.3) is 5.91 Å². The summed E-state index contributed by atoms with van der Waals surface area (Å²) >= 11 is 0. The number of piperazine rings is 1. The Morgan fingerprint density at radius 2 is 1.46 bits per heavy atom. The summed E-state index contributed by atoms with van der Waals surface area (Å²) in [5, 5.41) is 2.63. The highest BCUT2D eigenvalue weighted by Gasteiger charge is 2.19. The molecule has 7 heteroatoms. The number of hydrogen-bond donors (Lipinski definition) is 1. The van der Waals surface area contributed by atoms with E-state index in [9.17, 15) is 9.18 Å². The van der Waals surface area contributed by atoms with Crippen LogP contribution in [-0.2, 0) is 0 Å². The Labute approximate surface area is 162 Å². The highest BCUT2D eigenvalue weighted by Crippen LogP contribution is 2.18. The smallest absolute Gasteiger partial charge is 0.258 e. The molecule has 28 heavy (non-hydrogen) atoms. The van der Waals surface area contributed by atoms with Gasteiger partial charge in [-0.1, -0.05) is 30.3 Å². The first-order chi connectivity index (χ1) is 13.7. The van der Waals surface area contributed by atoms with Gasteiger partial charge in [0.2, 0.25) is 5.95 Å². The van der Waals surface area contributed by atoms with E-state index in [0.717, 1.165) is 26.2 Å². The van der Waals surface area contributed by atoms with Crippen molar-refractivity contribution in [2.24, 2.45) is 0 Å². The number of nitrogens with one attached hydrogen (secondary N) is 1. The molecule has 0 unspecified atom stereocenters. The van der Waals surface area contributed by atoms with E-state index in [1.165, 1.54) is 17.8 Å². The number of hydrogen-bond acceptors (Lipinski definition) is 5. The first-order valence-corrected chi connectivity index (χ1v) is 9.13. The minimum atomic E-state index is -0.561. The van der Waals surface area contributed by atoms with Crippen molar-refractivity contribution in [3.8, 4) is 0 Å². The Kier molecular flexibility index (Phi) is 5.14. The van der Waals surface area contributed by atoms with E-state index in [2.05, 4.69) is 37.2 Å². The Morgan fingerprint density at radius 1 is 0.857 bits per heavy atom. The normalized spacial score (nSPS) is 14.0. The van der Waals surface area contributed by atoms with E-state index in [-0.39, 0.29) is 5.56 Å². The van der Waals surface area contributed by atoms with Gasteiger partial charge in [-0.15, -0.1) is 0 Å². The van der Waals surface area contributed by atoms with Crippen LogP contribution in [0.2, 0.25) is 0 Å². The van der Waals surface area contributed by atoms with Gasteiger partial charge in [0.1, 0.15) is 5.82 Å². The molecule has 1 aliphatic heterocycles. The standard InChI is InChI=1S/C21H20FN5O/c22-19-9-5-4-8-18(19)20(28)25-16-14-23-21(24-15-16)27-12-10-26(11-13-27)17-6-2-1-3-7-17/h1-9,14-15H,10-13H2,(H,25,28). The molecule has 6 nitrogen and oxygen atoms in total. The lowest BCUT2D eigenvalue weighted by Gasteiger charge is -2.36. The third kappa shape index (κ3) is 3.93. The molecular weight excluding hydrogens is 357 g/mol. The summed E-state index contributed by atoms with van der Waals surface area (Å²) in [6, 6.07) is 16.2. The van der Waals surface area contributed by atoms with Crippen molar-refractivity contribution in [1.29, 1.82) is 0 Å². The summed E-state index contributed by atoms with van der Waals surface area (Å²) in [5.41, 5.74) is 1.64. The zero-order chi connectivity index (χ0) is 19.3. The van der Waals surface area contributed by atoms with Gasteiger partial charge in [-0.25, -0.2) is 14.4 Å². The van der Waals surface area contributed by atoms with Gasteiger partial charge in [-0.05, 0) is 24.3 Å². The molecule has 142 valence electrons. The molecule has 1 aliphatic rings. The van der Waals surface area contributed by atoms with Crippen molar-refractivity contribution in [3.63, 3.8) is 0 Å². The van der Waals surface area contributed by atoms with Gasteiger partial charge in [0.15, 0.2) is 0 Å². The van der Waals surface area contributed by atoms with Crippen LogP contribution in [0.25, 0.3) is 0 Å². The fourth-order valence-corrected chi connectivity index (χ4v) is 3.20. The van der Waals surface area contributed by atoms with Crippen LogP contribution in [-0.4, -0.2) is 42.1 Å². The summed E-state index contributed by atoms with van der Waals surface area (Å²) in [6.07, 6.45) is 3.09. The van der Waals surface area contributed by atoms with Crippen molar-refractivity contribution in [2.45, 2.75) is 0 Å². The van der Waals surface area contributed by atoms with Crippen LogP contribution in [0.15, 0.2) is 67.0 Å². The molecule has 4 rings (SSSR count). The Balaban J connectivity index is 1.36. The van der Waals surface area contributed by atoms with Crippen molar-refractivity contribution in [2.75, 3.05) is 41.3 Å². The molecule has 2 aromatic carbocycles. The second-order valence-electron chi connectivity index (χ2n) is 6.52. The molecule has 0 bridgehead atoms. The van der Waals surface area contributed by atoms with Crippen molar-refractivity contribution in [1.82, 2.24) is 9.97 Å². The highest BCUT2D eigenvalue weighted by atomic mass is 19.1. The number of rotatable bonds is 4. The minimum absolute atomic E-state index is 0.0105. The van der Waals surface area contributed by atoms with Crippen LogP contribution in [0.3, 0.4) is 0 Å². The second-order valence-corrected chi connectivity index (χ2v) is 6.52. The maximum atomic E-state index is 13.7. The van der Waals surface area contributed by atoms with E-state index < -0.39 is 11.7 Å². The highest BCUT2D eigenvalue weighted by molar-refractivity contribution is 6.04. The van der Waals surface area contributed by atoms with E-state index in [0.29, 0.717) is 11.6 Å². The second kappa shape index (κ2) is 8.04. The Morgan fingerprint density at radius 3 is 2.14 bits per heavy atom. The molecule has 1 aromatic heterocycles. The number of aromatic nitrogens is 2. The molecule has 0 aliphatic carbocycles. The van der Waals surface area contributed by atoms with Gasteiger partial charge in [-0.2, -0.15) is 0 Å². The third-order valence-electron chi connectivity index (χ3n) is 4.70. The van der Waals surface area contributed by atoms with Gasteiger partial charge >= 0.3 is 0 Å². The topological polar surface area (TPSA) is 61.4 Å². The first kappa shape index (κ1) is 17.9. The van der Waals surface area contributed by atoms with E-state index in [1.54, 1.807) is 24.5 Å². The van der Waals surface area contributed by atoms with Crippen LogP contribution < -0.4 is 15.1 Å². The van der Waals surface area contributed by atoms with Crippen molar-refractivity contribution in [3.05, 3.63) is 78.4 Å². The number of benzene rings is 2. The van der Waals surface area contributed by atoms with E-state index in [4.69, 9.17) is 0 Å². The van der Waals surface area contributed by atoms with Gasteiger partial charge < -0.3 is 15.1 Å². The fourth-order valence-electron chi connectivity index (χ4n) is 3.20. The maximum absolute atomic E-state index is 13.7. The number of halogens is 1. The molecule has 0 radical (unpaired) electrons. The predicted octanol–water partition coefficient (Wildman–Crippen LogP) is 3.19. The molecule has 1 N–H and O–H groups in total. The largest absolute Gasteiger partial charge is 0.368 e. The Bertz CT molecular complexity index is 941. The lowest BCUT2D eigenvalue weighted by atomic mass is 10.2. The molecule has 0 spiro atoms. The van der Waals surface area contributed by atoms with Gasteiger partial charge in [0.05, 0.1) is 23.6 Å². The fraction of sp³-hybridized carbons (Fsp3) is 0.190. The number of carbonyl (C=O) groups is 1. The molecular formula is C21H20FN5O. The SMILES string of the molecule is O=C(Nc1cnc(N2CCN(c3ccccc3)CC2)nc1)c1ccccc1F. The lowest BCUT2D eigenvalue weighted by molar-refractivity contribution is 0.102. The zero-order valence-electron chi connectivity index (χ0n) is 15.3. The van der Waals surface area contributed by atoms with Crippen molar-refractivity contribution < 1.29 is 9.18 Å². The van der Waals surface area contributed by atoms with E-state index in [1.807, 2.05) is 18.2 Å².